The van der Waals surface area contributed by atoms with E-state index in [4.69, 9.17) is 0 Å². The van der Waals surface area contributed by atoms with Gasteiger partial charge in [-0.05, 0) is 18.9 Å². The van der Waals surface area contributed by atoms with E-state index in [0.29, 0.717) is 0 Å². The van der Waals surface area contributed by atoms with Crippen molar-refractivity contribution in [1.29, 1.82) is 0 Å². The lowest BCUT2D eigenvalue weighted by atomic mass is 9.89. The number of Topliss-reactive ketones (excluding diaryl/α,β-unsaturated/α-hetero) is 1. The number of piperidine rings is 1. The highest BCUT2D eigenvalue weighted by atomic mass is 16.1. The molecule has 1 aliphatic rings. The summed E-state index contributed by atoms with van der Waals surface area (Å²) in [5.74, 6) is 1.12. The summed E-state index contributed by atoms with van der Waals surface area (Å²) >= 11 is 0. The number of ketones is 1. The molecule has 0 aliphatic carbocycles. The van der Waals surface area contributed by atoms with Gasteiger partial charge in [-0.2, -0.15) is 0 Å². The minimum atomic E-state index is 0.101. The molecule has 1 saturated heterocycles. The number of rotatable bonds is 3. The van der Waals surface area contributed by atoms with Gasteiger partial charge >= 0.3 is 0 Å². The minimum absolute atomic E-state index is 0.101. The molecule has 2 aromatic carbocycles. The van der Waals surface area contributed by atoms with Crippen molar-refractivity contribution in [3.05, 3.63) is 66.4 Å². The highest BCUT2D eigenvalue weighted by Crippen LogP contribution is 2.24. The van der Waals surface area contributed by atoms with Crippen LogP contribution >= 0.6 is 0 Å². The van der Waals surface area contributed by atoms with Gasteiger partial charge in [0.1, 0.15) is 0 Å². The quantitative estimate of drug-likeness (QED) is 0.691. The molecule has 1 aromatic heterocycles. The number of para-hydroxylation sites is 1. The first-order chi connectivity index (χ1) is 11.8. The van der Waals surface area contributed by atoms with E-state index in [2.05, 4.69) is 14.9 Å². The average molecular weight is 317 g/mol. The highest BCUT2D eigenvalue weighted by molar-refractivity contribution is 5.97. The summed E-state index contributed by atoms with van der Waals surface area (Å²) in [5.41, 5.74) is 1.78. The van der Waals surface area contributed by atoms with E-state index in [9.17, 15) is 4.79 Å². The number of hydrogen-bond donors (Lipinski definition) is 0. The number of fused-ring (bicyclic) bond motifs is 1. The van der Waals surface area contributed by atoms with E-state index in [-0.39, 0.29) is 11.7 Å². The van der Waals surface area contributed by atoms with Crippen LogP contribution in [0.25, 0.3) is 10.9 Å². The second-order valence-electron chi connectivity index (χ2n) is 6.22. The van der Waals surface area contributed by atoms with Crippen molar-refractivity contribution < 1.29 is 4.79 Å². The van der Waals surface area contributed by atoms with Crippen molar-refractivity contribution in [2.24, 2.45) is 5.92 Å². The van der Waals surface area contributed by atoms with E-state index in [1.807, 2.05) is 60.8 Å². The van der Waals surface area contributed by atoms with Gasteiger partial charge < -0.3 is 4.90 Å². The molecule has 2 heterocycles. The standard InChI is InChI=1S/C20H19N3O/c24-19(15-6-2-1-3-7-15)16-10-12-23(13-11-16)20-21-14-17-8-4-5-9-18(17)22-20/h1-9,14,16H,10-13H2. The lowest BCUT2D eigenvalue weighted by Gasteiger charge is -2.31. The van der Waals surface area contributed by atoms with Crippen LogP contribution in [0, 0.1) is 5.92 Å². The van der Waals surface area contributed by atoms with Crippen LogP contribution < -0.4 is 4.90 Å². The fourth-order valence-corrected chi connectivity index (χ4v) is 3.29. The predicted octanol–water partition coefficient (Wildman–Crippen LogP) is 3.73. The summed E-state index contributed by atoms with van der Waals surface area (Å²) in [7, 11) is 0. The summed E-state index contributed by atoms with van der Waals surface area (Å²) in [4.78, 5) is 23.9. The van der Waals surface area contributed by atoms with Crippen LogP contribution in [0.3, 0.4) is 0 Å². The molecule has 4 nitrogen and oxygen atoms in total. The summed E-state index contributed by atoms with van der Waals surface area (Å²) < 4.78 is 0. The molecule has 0 spiro atoms. The van der Waals surface area contributed by atoms with Crippen LogP contribution in [0.4, 0.5) is 5.95 Å². The minimum Gasteiger partial charge on any atom is -0.341 e. The maximum absolute atomic E-state index is 12.6. The second-order valence-corrected chi connectivity index (χ2v) is 6.22. The molecular weight excluding hydrogens is 298 g/mol. The van der Waals surface area contributed by atoms with Crippen molar-refractivity contribution in [1.82, 2.24) is 9.97 Å². The normalized spacial score (nSPS) is 15.6. The van der Waals surface area contributed by atoms with Gasteiger partial charge in [-0.15, -0.1) is 0 Å². The summed E-state index contributed by atoms with van der Waals surface area (Å²) in [6.45, 7) is 1.64. The Morgan fingerprint density at radius 3 is 2.46 bits per heavy atom. The zero-order valence-electron chi connectivity index (χ0n) is 13.4. The molecule has 0 radical (unpaired) electrons. The molecular formula is C20H19N3O. The Kier molecular flexibility index (Phi) is 3.95. The number of carbonyl (C=O) groups excluding carboxylic acids is 1. The fourth-order valence-electron chi connectivity index (χ4n) is 3.29. The molecule has 1 aliphatic heterocycles. The molecule has 0 amide bonds. The van der Waals surface area contributed by atoms with Gasteiger partial charge in [-0.3, -0.25) is 4.79 Å². The Balaban J connectivity index is 1.46. The maximum atomic E-state index is 12.6. The van der Waals surface area contributed by atoms with Gasteiger partial charge in [0.05, 0.1) is 5.52 Å². The SMILES string of the molecule is O=C(c1ccccc1)C1CCN(c2ncc3ccccc3n2)CC1. The molecule has 24 heavy (non-hydrogen) atoms. The molecule has 0 unspecified atom stereocenters. The van der Waals surface area contributed by atoms with Crippen LogP contribution in [0.5, 0.6) is 0 Å². The molecule has 3 aromatic rings. The Morgan fingerprint density at radius 1 is 0.958 bits per heavy atom. The van der Waals surface area contributed by atoms with E-state index in [1.54, 1.807) is 0 Å². The van der Waals surface area contributed by atoms with Crippen LogP contribution in [0.2, 0.25) is 0 Å². The van der Waals surface area contributed by atoms with Crippen molar-refractivity contribution in [3.63, 3.8) is 0 Å². The van der Waals surface area contributed by atoms with Gasteiger partial charge in [-0.25, -0.2) is 9.97 Å². The third-order valence-electron chi connectivity index (χ3n) is 4.68. The van der Waals surface area contributed by atoms with Gasteiger partial charge in [0.25, 0.3) is 0 Å². The number of anilines is 1. The Hall–Kier alpha value is -2.75. The summed E-state index contributed by atoms with van der Waals surface area (Å²) in [5, 5.41) is 1.05. The van der Waals surface area contributed by atoms with Gasteiger partial charge in [0, 0.05) is 36.2 Å². The van der Waals surface area contributed by atoms with E-state index < -0.39 is 0 Å². The van der Waals surface area contributed by atoms with Crippen molar-refractivity contribution in [2.45, 2.75) is 12.8 Å². The van der Waals surface area contributed by atoms with Gasteiger partial charge in [-0.1, -0.05) is 48.5 Å². The lowest BCUT2D eigenvalue weighted by molar-refractivity contribution is 0.0900. The van der Waals surface area contributed by atoms with Gasteiger partial charge in [0.2, 0.25) is 5.95 Å². The monoisotopic (exact) mass is 317 g/mol. The zero-order chi connectivity index (χ0) is 16.4. The number of aromatic nitrogens is 2. The van der Waals surface area contributed by atoms with Crippen LogP contribution in [0.1, 0.15) is 23.2 Å². The van der Waals surface area contributed by atoms with Crippen LogP contribution in [-0.4, -0.2) is 28.8 Å². The highest BCUT2D eigenvalue weighted by Gasteiger charge is 2.26. The average Bonchev–Trinajstić information content (AvgIpc) is 2.68. The van der Waals surface area contributed by atoms with E-state index >= 15 is 0 Å². The van der Waals surface area contributed by atoms with Crippen LogP contribution in [0.15, 0.2) is 60.8 Å². The fraction of sp³-hybridized carbons (Fsp3) is 0.250. The largest absolute Gasteiger partial charge is 0.341 e. The first-order valence-corrected chi connectivity index (χ1v) is 8.37. The molecule has 4 rings (SSSR count). The van der Waals surface area contributed by atoms with Gasteiger partial charge in [0.15, 0.2) is 5.78 Å². The molecule has 0 N–H and O–H groups in total. The summed E-state index contributed by atoms with van der Waals surface area (Å²) in [6, 6.07) is 17.6. The van der Waals surface area contributed by atoms with Crippen molar-refractivity contribution in [2.75, 3.05) is 18.0 Å². The van der Waals surface area contributed by atoms with E-state index in [0.717, 1.165) is 48.3 Å². The molecule has 0 atom stereocenters. The third kappa shape index (κ3) is 2.87. The number of benzene rings is 2. The summed E-state index contributed by atoms with van der Waals surface area (Å²) in [6.07, 6.45) is 3.58. The van der Waals surface area contributed by atoms with Crippen molar-refractivity contribution in [3.8, 4) is 0 Å². The topological polar surface area (TPSA) is 46.1 Å². The molecule has 1 fully saturated rings. The number of hydrogen-bond acceptors (Lipinski definition) is 4. The predicted molar refractivity (Wildman–Crippen MR) is 95.2 cm³/mol. The lowest BCUT2D eigenvalue weighted by Crippen LogP contribution is -2.37. The molecule has 0 saturated carbocycles. The maximum Gasteiger partial charge on any atom is 0.225 e. The molecule has 0 bridgehead atoms. The number of nitrogens with zero attached hydrogens (tertiary/aromatic N) is 3. The first-order valence-electron chi connectivity index (χ1n) is 8.37. The third-order valence-corrected chi connectivity index (χ3v) is 4.68. The van der Waals surface area contributed by atoms with Crippen molar-refractivity contribution >= 4 is 22.6 Å². The first kappa shape index (κ1) is 14.8. The van der Waals surface area contributed by atoms with E-state index in [1.165, 1.54) is 0 Å². The zero-order valence-corrected chi connectivity index (χ0v) is 13.4. The Bertz CT molecular complexity index is 855. The Morgan fingerprint density at radius 2 is 1.67 bits per heavy atom. The van der Waals surface area contributed by atoms with Crippen LogP contribution in [-0.2, 0) is 0 Å². The molecule has 4 heteroatoms. The number of carbonyl (C=O) groups is 1. The molecule has 120 valence electrons. The Labute approximate surface area is 141 Å². The smallest absolute Gasteiger partial charge is 0.225 e. The second kappa shape index (κ2) is 6.40.